The van der Waals surface area contributed by atoms with Crippen LogP contribution in [0.25, 0.3) is 10.9 Å². The van der Waals surface area contributed by atoms with Gasteiger partial charge in [-0.2, -0.15) is 0 Å². The number of carbonyl (C=O) groups excluding carboxylic acids is 1. The number of methoxy groups -OCH3 is 1. The molecule has 4 rings (SSSR count). The van der Waals surface area contributed by atoms with E-state index in [4.69, 9.17) is 4.74 Å². The third-order valence-electron chi connectivity index (χ3n) is 5.04. The number of carbonyl (C=O) groups is 1. The van der Waals surface area contributed by atoms with Crippen molar-refractivity contribution in [3.05, 3.63) is 64.8 Å². The molecule has 2 aromatic carbocycles. The van der Waals surface area contributed by atoms with Crippen LogP contribution < -0.4 is 9.64 Å². The number of nitrogens with zero attached hydrogens (tertiary/aromatic N) is 2. The summed E-state index contributed by atoms with van der Waals surface area (Å²) in [6.07, 6.45) is 1.91. The van der Waals surface area contributed by atoms with Crippen LogP contribution in [0.15, 0.2) is 42.5 Å². The van der Waals surface area contributed by atoms with Crippen LogP contribution in [0, 0.1) is 13.8 Å². The van der Waals surface area contributed by atoms with Crippen molar-refractivity contribution in [1.29, 1.82) is 0 Å². The minimum Gasteiger partial charge on any atom is -0.497 e. The summed E-state index contributed by atoms with van der Waals surface area (Å²) in [6.45, 7) is 4.69. The molecule has 0 unspecified atom stereocenters. The van der Waals surface area contributed by atoms with Gasteiger partial charge in [-0.3, -0.25) is 9.78 Å². The van der Waals surface area contributed by atoms with E-state index in [1.54, 1.807) is 7.11 Å². The number of benzene rings is 2. The molecule has 3 aromatic rings. The molecule has 132 valence electrons. The molecule has 0 radical (unpaired) electrons. The fraction of sp³-hybridized carbons (Fsp3) is 0.273. The Labute approximate surface area is 153 Å². The molecular formula is C22H22N2O2. The van der Waals surface area contributed by atoms with Crippen LogP contribution in [0.3, 0.4) is 0 Å². The standard InChI is InChI=1S/C22H22N2O2/c1-14-6-7-16-13-19(15(2)23-20(16)11-14)22(25)24-10-4-5-17-12-18(26-3)8-9-21(17)24/h6-9,11-13H,4-5,10H2,1-3H3. The molecule has 1 aliphatic rings. The van der Waals surface area contributed by atoms with Crippen LogP contribution in [-0.4, -0.2) is 24.5 Å². The van der Waals surface area contributed by atoms with Crippen molar-refractivity contribution in [3.63, 3.8) is 0 Å². The number of pyridine rings is 1. The molecule has 4 heteroatoms. The number of ether oxygens (including phenoxy) is 1. The highest BCUT2D eigenvalue weighted by Gasteiger charge is 2.25. The zero-order chi connectivity index (χ0) is 18.3. The first-order chi connectivity index (χ1) is 12.6. The number of anilines is 1. The number of amides is 1. The lowest BCUT2D eigenvalue weighted by atomic mass is 9.99. The van der Waals surface area contributed by atoms with Gasteiger partial charge in [-0.1, -0.05) is 12.1 Å². The van der Waals surface area contributed by atoms with Crippen molar-refractivity contribution < 1.29 is 9.53 Å². The van der Waals surface area contributed by atoms with Gasteiger partial charge in [0.05, 0.1) is 23.9 Å². The molecule has 0 bridgehead atoms. The van der Waals surface area contributed by atoms with Gasteiger partial charge < -0.3 is 9.64 Å². The monoisotopic (exact) mass is 346 g/mol. The van der Waals surface area contributed by atoms with Crippen molar-refractivity contribution >= 4 is 22.5 Å². The average Bonchev–Trinajstić information content (AvgIpc) is 2.65. The molecular weight excluding hydrogens is 324 g/mol. The topological polar surface area (TPSA) is 42.4 Å². The van der Waals surface area contributed by atoms with E-state index in [0.29, 0.717) is 5.56 Å². The maximum absolute atomic E-state index is 13.3. The summed E-state index contributed by atoms with van der Waals surface area (Å²) in [6, 6.07) is 14.0. The Morgan fingerprint density at radius 2 is 1.96 bits per heavy atom. The Morgan fingerprint density at radius 3 is 2.77 bits per heavy atom. The first-order valence-electron chi connectivity index (χ1n) is 8.93. The minimum absolute atomic E-state index is 0.0172. The Balaban J connectivity index is 1.76. The lowest BCUT2D eigenvalue weighted by molar-refractivity contribution is 0.0984. The summed E-state index contributed by atoms with van der Waals surface area (Å²) < 4.78 is 5.32. The Kier molecular flexibility index (Phi) is 4.11. The molecule has 0 aliphatic carbocycles. The highest BCUT2D eigenvalue weighted by atomic mass is 16.5. The second-order valence-corrected chi connectivity index (χ2v) is 6.87. The highest BCUT2D eigenvalue weighted by molar-refractivity contribution is 6.09. The smallest absolute Gasteiger partial charge is 0.260 e. The molecule has 1 aliphatic heterocycles. The normalized spacial score (nSPS) is 13.6. The van der Waals surface area contributed by atoms with Gasteiger partial charge in [0.1, 0.15) is 5.75 Å². The summed E-state index contributed by atoms with van der Waals surface area (Å²) in [5, 5.41) is 0.997. The fourth-order valence-corrected chi connectivity index (χ4v) is 3.65. The molecule has 1 aromatic heterocycles. The largest absolute Gasteiger partial charge is 0.497 e. The van der Waals surface area contributed by atoms with Gasteiger partial charge in [0.25, 0.3) is 5.91 Å². The highest BCUT2D eigenvalue weighted by Crippen LogP contribution is 2.32. The second-order valence-electron chi connectivity index (χ2n) is 6.87. The van der Waals surface area contributed by atoms with Crippen LogP contribution in [0.2, 0.25) is 0 Å². The molecule has 0 saturated heterocycles. The van der Waals surface area contributed by atoms with Gasteiger partial charge in [-0.15, -0.1) is 0 Å². The van der Waals surface area contributed by atoms with Crippen molar-refractivity contribution in [1.82, 2.24) is 4.98 Å². The maximum Gasteiger partial charge on any atom is 0.260 e. The van der Waals surface area contributed by atoms with E-state index in [0.717, 1.165) is 53.0 Å². The number of aryl methyl sites for hydroxylation is 3. The van der Waals surface area contributed by atoms with Crippen molar-refractivity contribution in [2.24, 2.45) is 0 Å². The molecule has 0 atom stereocenters. The van der Waals surface area contributed by atoms with E-state index in [9.17, 15) is 4.79 Å². The van der Waals surface area contributed by atoms with Gasteiger partial charge >= 0.3 is 0 Å². The molecule has 0 N–H and O–H groups in total. The third-order valence-corrected chi connectivity index (χ3v) is 5.04. The van der Waals surface area contributed by atoms with Crippen LogP contribution in [0.1, 0.15) is 33.6 Å². The zero-order valence-corrected chi connectivity index (χ0v) is 15.4. The van der Waals surface area contributed by atoms with E-state index in [2.05, 4.69) is 24.0 Å². The van der Waals surface area contributed by atoms with Gasteiger partial charge in [-0.25, -0.2) is 0 Å². The molecule has 4 nitrogen and oxygen atoms in total. The van der Waals surface area contributed by atoms with Crippen molar-refractivity contribution in [3.8, 4) is 5.75 Å². The van der Waals surface area contributed by atoms with Crippen LogP contribution in [-0.2, 0) is 6.42 Å². The quantitative estimate of drug-likeness (QED) is 0.688. The van der Waals surface area contributed by atoms with Gasteiger partial charge in [0.15, 0.2) is 0 Å². The number of aromatic nitrogens is 1. The summed E-state index contributed by atoms with van der Waals surface area (Å²) in [7, 11) is 1.67. The van der Waals surface area contributed by atoms with E-state index >= 15 is 0 Å². The van der Waals surface area contributed by atoms with E-state index in [1.165, 1.54) is 5.56 Å². The Morgan fingerprint density at radius 1 is 1.12 bits per heavy atom. The maximum atomic E-state index is 13.3. The van der Waals surface area contributed by atoms with Gasteiger partial charge in [0.2, 0.25) is 0 Å². The second kappa shape index (κ2) is 6.45. The molecule has 0 saturated carbocycles. The number of hydrogen-bond donors (Lipinski definition) is 0. The summed E-state index contributed by atoms with van der Waals surface area (Å²) in [4.78, 5) is 19.8. The van der Waals surface area contributed by atoms with Crippen molar-refractivity contribution in [2.75, 3.05) is 18.6 Å². The van der Waals surface area contributed by atoms with Crippen LogP contribution in [0.4, 0.5) is 5.69 Å². The molecule has 1 amide bonds. The van der Waals surface area contributed by atoms with Crippen LogP contribution >= 0.6 is 0 Å². The van der Waals surface area contributed by atoms with E-state index in [-0.39, 0.29) is 5.91 Å². The number of rotatable bonds is 2. The Bertz CT molecular complexity index is 1010. The van der Waals surface area contributed by atoms with Gasteiger partial charge in [0, 0.05) is 17.6 Å². The predicted octanol–water partition coefficient (Wildman–Crippen LogP) is 4.45. The molecule has 26 heavy (non-hydrogen) atoms. The third kappa shape index (κ3) is 2.81. The predicted molar refractivity (Wildman–Crippen MR) is 104 cm³/mol. The number of fused-ring (bicyclic) bond motifs is 2. The lowest BCUT2D eigenvalue weighted by Crippen LogP contribution is -2.36. The summed E-state index contributed by atoms with van der Waals surface area (Å²) >= 11 is 0. The van der Waals surface area contributed by atoms with Gasteiger partial charge in [-0.05, 0) is 68.1 Å². The number of hydrogen-bond acceptors (Lipinski definition) is 3. The SMILES string of the molecule is COc1ccc2c(c1)CCCN2C(=O)c1cc2ccc(C)cc2nc1C. The first kappa shape index (κ1) is 16.6. The van der Waals surface area contributed by atoms with E-state index < -0.39 is 0 Å². The van der Waals surface area contributed by atoms with Crippen LogP contribution in [0.5, 0.6) is 5.75 Å². The molecule has 0 fully saturated rings. The summed E-state index contributed by atoms with van der Waals surface area (Å²) in [5.41, 5.74) is 5.68. The summed E-state index contributed by atoms with van der Waals surface area (Å²) in [5.74, 6) is 0.848. The fourth-order valence-electron chi connectivity index (χ4n) is 3.65. The Hall–Kier alpha value is -2.88. The average molecular weight is 346 g/mol. The zero-order valence-electron chi connectivity index (χ0n) is 15.4. The first-order valence-corrected chi connectivity index (χ1v) is 8.93. The molecule has 2 heterocycles. The van der Waals surface area contributed by atoms with E-state index in [1.807, 2.05) is 42.2 Å². The lowest BCUT2D eigenvalue weighted by Gasteiger charge is -2.30. The minimum atomic E-state index is 0.0172. The van der Waals surface area contributed by atoms with Crippen molar-refractivity contribution in [2.45, 2.75) is 26.7 Å². The molecule has 0 spiro atoms.